The van der Waals surface area contributed by atoms with E-state index in [1.165, 1.54) is 20.8 Å². The summed E-state index contributed by atoms with van der Waals surface area (Å²) in [6, 6.07) is 3.60. The molecule has 5 atom stereocenters. The summed E-state index contributed by atoms with van der Waals surface area (Å²) < 4.78 is 16.6. The average Bonchev–Trinajstić information content (AvgIpc) is 2.96. The first-order chi connectivity index (χ1) is 14.2. The van der Waals surface area contributed by atoms with Crippen LogP contribution < -0.4 is 9.47 Å². The van der Waals surface area contributed by atoms with Gasteiger partial charge in [0.1, 0.15) is 17.6 Å². The Morgan fingerprint density at radius 2 is 1.67 bits per heavy atom. The van der Waals surface area contributed by atoms with Gasteiger partial charge in [0.25, 0.3) is 0 Å². The molecular formula is C24H30O6. The molecule has 0 saturated heterocycles. The smallest absolute Gasteiger partial charge is 0.308 e. The lowest BCUT2D eigenvalue weighted by atomic mass is 9.55. The van der Waals surface area contributed by atoms with Crippen molar-refractivity contribution < 1.29 is 28.6 Å². The first kappa shape index (κ1) is 20.9. The van der Waals surface area contributed by atoms with Crippen LogP contribution in [0.4, 0.5) is 0 Å². The fourth-order valence-corrected chi connectivity index (χ4v) is 6.46. The van der Waals surface area contributed by atoms with E-state index in [0.717, 1.165) is 49.7 Å². The second kappa shape index (κ2) is 7.71. The predicted molar refractivity (Wildman–Crippen MR) is 109 cm³/mol. The van der Waals surface area contributed by atoms with Crippen LogP contribution in [0, 0.1) is 17.3 Å². The zero-order valence-corrected chi connectivity index (χ0v) is 18.2. The molecule has 0 aromatic heterocycles. The highest BCUT2D eigenvalue weighted by Gasteiger charge is 2.56. The molecule has 0 aliphatic heterocycles. The van der Waals surface area contributed by atoms with E-state index >= 15 is 0 Å². The normalized spacial score (nSPS) is 31.7. The van der Waals surface area contributed by atoms with Gasteiger partial charge in [-0.3, -0.25) is 14.4 Å². The van der Waals surface area contributed by atoms with Crippen molar-refractivity contribution in [2.24, 2.45) is 17.3 Å². The van der Waals surface area contributed by atoms with Crippen LogP contribution in [0.25, 0.3) is 0 Å². The van der Waals surface area contributed by atoms with Crippen molar-refractivity contribution >= 4 is 17.9 Å². The molecule has 4 rings (SSSR count). The van der Waals surface area contributed by atoms with Gasteiger partial charge in [-0.05, 0) is 67.9 Å². The minimum absolute atomic E-state index is 0.00359. The second-order valence-electron chi connectivity index (χ2n) is 9.32. The number of ether oxygens (including phenoxy) is 3. The summed E-state index contributed by atoms with van der Waals surface area (Å²) in [6.07, 6.45) is 5.78. The molecular weight excluding hydrogens is 384 g/mol. The summed E-state index contributed by atoms with van der Waals surface area (Å²) in [5.74, 6) is 1.20. The largest absolute Gasteiger partial charge is 0.462 e. The van der Waals surface area contributed by atoms with Gasteiger partial charge < -0.3 is 14.2 Å². The Labute approximate surface area is 177 Å². The molecule has 2 saturated carbocycles. The average molecular weight is 414 g/mol. The number of fused-ring (bicyclic) bond motifs is 5. The minimum Gasteiger partial charge on any atom is -0.462 e. The zero-order chi connectivity index (χ0) is 21.6. The molecule has 6 heteroatoms. The van der Waals surface area contributed by atoms with Crippen LogP contribution in [0.1, 0.15) is 76.8 Å². The molecule has 1 aromatic rings. The summed E-state index contributed by atoms with van der Waals surface area (Å²) in [5, 5.41) is 0. The van der Waals surface area contributed by atoms with E-state index in [-0.39, 0.29) is 23.5 Å². The number of aryl methyl sites for hydroxylation is 1. The monoisotopic (exact) mass is 414 g/mol. The third-order valence-corrected chi connectivity index (χ3v) is 7.49. The van der Waals surface area contributed by atoms with E-state index in [1.807, 2.05) is 6.07 Å². The Hall–Kier alpha value is -2.37. The maximum atomic E-state index is 11.8. The third kappa shape index (κ3) is 3.61. The Morgan fingerprint density at radius 1 is 0.933 bits per heavy atom. The molecule has 0 spiro atoms. The molecule has 30 heavy (non-hydrogen) atoms. The van der Waals surface area contributed by atoms with Crippen molar-refractivity contribution in [3.8, 4) is 11.5 Å². The molecule has 0 heterocycles. The van der Waals surface area contributed by atoms with Crippen LogP contribution in [0.5, 0.6) is 11.5 Å². The lowest BCUT2D eigenvalue weighted by Crippen LogP contribution is -2.45. The van der Waals surface area contributed by atoms with Gasteiger partial charge in [-0.2, -0.15) is 0 Å². The molecule has 0 N–H and O–H groups in total. The van der Waals surface area contributed by atoms with Crippen molar-refractivity contribution in [3.63, 3.8) is 0 Å². The van der Waals surface area contributed by atoms with Gasteiger partial charge in [-0.25, -0.2) is 0 Å². The molecule has 1 aromatic carbocycles. The molecule has 6 nitrogen and oxygen atoms in total. The molecule has 0 radical (unpaired) electrons. The standard InChI is InChI=1S/C24H30O6/c1-13(25)28-17-11-16-5-6-18-19(23(16)21(12-17)29-14(2)26)9-10-24(4)20(18)7-8-22(24)30-15(3)27/h11-12,18-20,22H,5-10H2,1-4H3/t18-,19+,20+,22+,24+/m1/s1. The van der Waals surface area contributed by atoms with E-state index in [2.05, 4.69) is 6.92 Å². The molecule has 0 amide bonds. The van der Waals surface area contributed by atoms with Crippen molar-refractivity contribution in [2.75, 3.05) is 0 Å². The molecule has 162 valence electrons. The number of benzene rings is 1. The summed E-state index contributed by atoms with van der Waals surface area (Å²) in [6.45, 7) is 6.53. The Kier molecular flexibility index (Phi) is 5.37. The lowest BCUT2D eigenvalue weighted by Gasteiger charge is -2.50. The quantitative estimate of drug-likeness (QED) is 0.541. The van der Waals surface area contributed by atoms with Crippen molar-refractivity contribution in [3.05, 3.63) is 23.3 Å². The van der Waals surface area contributed by atoms with Gasteiger partial charge in [0.2, 0.25) is 0 Å². The second-order valence-corrected chi connectivity index (χ2v) is 9.32. The summed E-state index contributed by atoms with van der Waals surface area (Å²) >= 11 is 0. The van der Waals surface area contributed by atoms with Crippen LogP contribution in [0.15, 0.2) is 12.1 Å². The summed E-state index contributed by atoms with van der Waals surface area (Å²) in [7, 11) is 0. The zero-order valence-electron chi connectivity index (χ0n) is 18.2. The number of carbonyl (C=O) groups excluding carboxylic acids is 3. The number of rotatable bonds is 3. The molecule has 0 bridgehead atoms. The van der Waals surface area contributed by atoms with Gasteiger partial charge in [0, 0.05) is 37.8 Å². The van der Waals surface area contributed by atoms with Crippen LogP contribution in [0.2, 0.25) is 0 Å². The SMILES string of the molecule is CC(=O)Oc1cc2c(c(OC(C)=O)c1)[C@H]1CC[C@]3(C)[C@@H](OC(C)=O)CC[C@H]3[C@@H]1CC2. The first-order valence-corrected chi connectivity index (χ1v) is 10.9. The van der Waals surface area contributed by atoms with E-state index in [0.29, 0.717) is 29.3 Å². The fourth-order valence-electron chi connectivity index (χ4n) is 6.46. The third-order valence-electron chi connectivity index (χ3n) is 7.49. The van der Waals surface area contributed by atoms with Crippen LogP contribution in [0.3, 0.4) is 0 Å². The Morgan fingerprint density at radius 3 is 2.33 bits per heavy atom. The molecule has 3 aliphatic carbocycles. The lowest BCUT2D eigenvalue weighted by molar-refractivity contribution is -0.154. The highest BCUT2D eigenvalue weighted by Crippen LogP contribution is 2.62. The van der Waals surface area contributed by atoms with Crippen molar-refractivity contribution in [1.29, 1.82) is 0 Å². The van der Waals surface area contributed by atoms with Crippen molar-refractivity contribution in [2.45, 2.75) is 78.2 Å². The highest BCUT2D eigenvalue weighted by atomic mass is 16.5. The number of hydrogen-bond acceptors (Lipinski definition) is 6. The fraction of sp³-hybridized carbons (Fsp3) is 0.625. The van der Waals surface area contributed by atoms with Gasteiger partial charge in [0.15, 0.2) is 0 Å². The number of esters is 3. The Bertz CT molecular complexity index is 890. The van der Waals surface area contributed by atoms with Gasteiger partial charge in [-0.1, -0.05) is 6.92 Å². The van der Waals surface area contributed by atoms with E-state index in [1.54, 1.807) is 6.07 Å². The van der Waals surface area contributed by atoms with Gasteiger partial charge >= 0.3 is 17.9 Å². The van der Waals surface area contributed by atoms with E-state index < -0.39 is 5.97 Å². The summed E-state index contributed by atoms with van der Waals surface area (Å²) in [4.78, 5) is 34.8. The minimum atomic E-state index is -0.395. The molecule has 3 aliphatic rings. The Balaban J connectivity index is 1.69. The number of hydrogen-bond donors (Lipinski definition) is 0. The van der Waals surface area contributed by atoms with Crippen LogP contribution in [-0.2, 0) is 25.5 Å². The van der Waals surface area contributed by atoms with Crippen LogP contribution >= 0.6 is 0 Å². The van der Waals surface area contributed by atoms with Gasteiger partial charge in [-0.15, -0.1) is 0 Å². The first-order valence-electron chi connectivity index (χ1n) is 10.9. The summed E-state index contributed by atoms with van der Waals surface area (Å²) in [5.41, 5.74) is 2.20. The number of carbonyl (C=O) groups is 3. The van der Waals surface area contributed by atoms with E-state index in [4.69, 9.17) is 14.2 Å². The van der Waals surface area contributed by atoms with Crippen molar-refractivity contribution in [1.82, 2.24) is 0 Å². The topological polar surface area (TPSA) is 78.9 Å². The maximum Gasteiger partial charge on any atom is 0.308 e. The van der Waals surface area contributed by atoms with E-state index in [9.17, 15) is 14.4 Å². The highest BCUT2D eigenvalue weighted by molar-refractivity contribution is 5.72. The molecule has 0 unspecified atom stereocenters. The van der Waals surface area contributed by atoms with Gasteiger partial charge in [0.05, 0.1) is 0 Å². The predicted octanol–water partition coefficient (Wildman–Crippen LogP) is 4.33. The maximum absolute atomic E-state index is 11.8. The van der Waals surface area contributed by atoms with Crippen LogP contribution in [-0.4, -0.2) is 24.0 Å². The molecule has 2 fully saturated rings.